The van der Waals surface area contributed by atoms with Crippen molar-refractivity contribution >= 4 is 22.4 Å². The highest BCUT2D eigenvalue weighted by atomic mass is 16.5. The van der Waals surface area contributed by atoms with E-state index in [1.807, 2.05) is 73.7 Å². The highest BCUT2D eigenvalue weighted by Gasteiger charge is 2.17. The number of amides is 1. The first-order valence-corrected chi connectivity index (χ1v) is 9.23. The monoisotopic (exact) mass is 374 g/mol. The smallest absolute Gasteiger partial charge is 0.264 e. The van der Waals surface area contributed by atoms with Gasteiger partial charge in [-0.25, -0.2) is 0 Å². The summed E-state index contributed by atoms with van der Waals surface area (Å²) in [6, 6.07) is 23.0. The van der Waals surface area contributed by atoms with Gasteiger partial charge in [0.1, 0.15) is 11.5 Å². The number of carbonyl (C=O) groups is 1. The molecule has 5 nitrogen and oxygen atoms in total. The maximum absolute atomic E-state index is 12.8. The van der Waals surface area contributed by atoms with E-state index >= 15 is 0 Å². The second kappa shape index (κ2) is 9.43. The zero-order valence-electron chi connectivity index (χ0n) is 15.8. The molecule has 0 radical (unpaired) electrons. The number of benzene rings is 3. The number of nitriles is 1. The Kier molecular flexibility index (Phi) is 6.48. The molecule has 0 saturated carbocycles. The molecule has 0 aliphatic carbocycles. The Morgan fingerprint density at radius 1 is 1.00 bits per heavy atom. The Bertz CT molecular complexity index is 972. The fourth-order valence-electron chi connectivity index (χ4n) is 2.99. The Morgan fingerprint density at radius 2 is 1.75 bits per heavy atom. The van der Waals surface area contributed by atoms with E-state index in [1.54, 1.807) is 4.90 Å². The Balaban J connectivity index is 1.75. The van der Waals surface area contributed by atoms with Gasteiger partial charge in [-0.3, -0.25) is 4.79 Å². The summed E-state index contributed by atoms with van der Waals surface area (Å²) in [7, 11) is 0. The van der Waals surface area contributed by atoms with Crippen LogP contribution in [0.5, 0.6) is 11.5 Å². The number of anilines is 1. The maximum Gasteiger partial charge on any atom is 0.264 e. The van der Waals surface area contributed by atoms with Gasteiger partial charge in [0.25, 0.3) is 5.91 Å². The summed E-state index contributed by atoms with van der Waals surface area (Å²) in [6.45, 7) is 2.70. The first-order valence-electron chi connectivity index (χ1n) is 9.23. The standard InChI is InChI=1S/C23H22N2O3/c1-2-27-20-13-11-19(12-14-20)25(16-6-15-24)23(26)17-28-22-10-5-8-18-7-3-4-9-21(18)22/h3-5,7-14H,2,6,16-17H2,1H3. The zero-order valence-corrected chi connectivity index (χ0v) is 15.8. The molecule has 0 N–H and O–H groups in total. The van der Waals surface area contributed by atoms with Crippen molar-refractivity contribution in [1.82, 2.24) is 0 Å². The van der Waals surface area contributed by atoms with Crippen LogP contribution in [0.2, 0.25) is 0 Å². The minimum Gasteiger partial charge on any atom is -0.494 e. The Labute approximate surface area is 164 Å². The van der Waals surface area contributed by atoms with Crippen LogP contribution >= 0.6 is 0 Å². The molecule has 0 saturated heterocycles. The molecule has 0 aliphatic rings. The fourth-order valence-corrected chi connectivity index (χ4v) is 2.99. The Hall–Kier alpha value is -3.52. The van der Waals surface area contributed by atoms with E-state index in [9.17, 15) is 4.79 Å². The van der Waals surface area contributed by atoms with E-state index < -0.39 is 0 Å². The molecule has 0 atom stereocenters. The van der Waals surface area contributed by atoms with Gasteiger partial charge in [0.05, 0.1) is 19.1 Å². The van der Waals surface area contributed by atoms with Gasteiger partial charge in [-0.15, -0.1) is 0 Å². The van der Waals surface area contributed by atoms with E-state index in [4.69, 9.17) is 14.7 Å². The number of nitrogens with zero attached hydrogens (tertiary/aromatic N) is 2. The lowest BCUT2D eigenvalue weighted by molar-refractivity contribution is -0.120. The molecule has 1 amide bonds. The SMILES string of the molecule is CCOc1ccc(N(CCC#N)C(=O)COc2cccc3ccccc23)cc1. The van der Waals surface area contributed by atoms with Gasteiger partial charge in [-0.2, -0.15) is 5.26 Å². The third-order valence-corrected chi connectivity index (χ3v) is 4.31. The van der Waals surface area contributed by atoms with Crippen LogP contribution in [0.1, 0.15) is 13.3 Å². The number of hydrogen-bond donors (Lipinski definition) is 0. The molecule has 28 heavy (non-hydrogen) atoms. The van der Waals surface area contributed by atoms with Gasteiger partial charge >= 0.3 is 0 Å². The van der Waals surface area contributed by atoms with Crippen LogP contribution < -0.4 is 14.4 Å². The molecule has 0 unspecified atom stereocenters. The average molecular weight is 374 g/mol. The van der Waals surface area contributed by atoms with Crippen molar-refractivity contribution in [2.45, 2.75) is 13.3 Å². The maximum atomic E-state index is 12.8. The van der Waals surface area contributed by atoms with Crippen molar-refractivity contribution in [3.63, 3.8) is 0 Å². The van der Waals surface area contributed by atoms with Gasteiger partial charge in [-0.05, 0) is 42.6 Å². The van der Waals surface area contributed by atoms with E-state index in [0.717, 1.165) is 16.5 Å². The second-order valence-electron chi connectivity index (χ2n) is 6.15. The minimum absolute atomic E-state index is 0.105. The van der Waals surface area contributed by atoms with Crippen molar-refractivity contribution < 1.29 is 14.3 Å². The van der Waals surface area contributed by atoms with E-state index in [2.05, 4.69) is 6.07 Å². The van der Waals surface area contributed by atoms with Crippen molar-refractivity contribution in [2.75, 3.05) is 24.7 Å². The number of fused-ring (bicyclic) bond motifs is 1. The Morgan fingerprint density at radius 3 is 2.50 bits per heavy atom. The second-order valence-corrected chi connectivity index (χ2v) is 6.15. The number of hydrogen-bond acceptors (Lipinski definition) is 4. The van der Waals surface area contributed by atoms with Gasteiger partial charge in [0, 0.05) is 17.6 Å². The molecule has 0 spiro atoms. The molecular formula is C23H22N2O3. The molecule has 0 aliphatic heterocycles. The van der Waals surface area contributed by atoms with Crippen molar-refractivity contribution in [3.05, 3.63) is 66.7 Å². The van der Waals surface area contributed by atoms with Gasteiger partial charge < -0.3 is 14.4 Å². The van der Waals surface area contributed by atoms with Crippen molar-refractivity contribution in [3.8, 4) is 17.6 Å². The summed E-state index contributed by atoms with van der Waals surface area (Å²) in [5.74, 6) is 1.21. The summed E-state index contributed by atoms with van der Waals surface area (Å²) in [6.07, 6.45) is 0.243. The topological polar surface area (TPSA) is 62.6 Å². The van der Waals surface area contributed by atoms with Crippen LogP contribution in [0.4, 0.5) is 5.69 Å². The van der Waals surface area contributed by atoms with Crippen LogP contribution in [0.3, 0.4) is 0 Å². The number of carbonyl (C=O) groups excluding carboxylic acids is 1. The molecule has 0 heterocycles. The predicted octanol–water partition coefficient (Wildman–Crippen LogP) is 4.56. The first kappa shape index (κ1) is 19.2. The summed E-state index contributed by atoms with van der Waals surface area (Å²) in [5, 5.41) is 11.0. The van der Waals surface area contributed by atoms with Crippen LogP contribution in [0.15, 0.2) is 66.7 Å². The largest absolute Gasteiger partial charge is 0.494 e. The molecular weight excluding hydrogens is 352 g/mol. The van der Waals surface area contributed by atoms with Crippen LogP contribution in [-0.2, 0) is 4.79 Å². The average Bonchev–Trinajstić information content (AvgIpc) is 2.73. The van der Waals surface area contributed by atoms with Crippen LogP contribution in [0, 0.1) is 11.3 Å². The van der Waals surface area contributed by atoms with Gasteiger partial charge in [0.15, 0.2) is 6.61 Å². The van der Waals surface area contributed by atoms with E-state index in [-0.39, 0.29) is 18.9 Å². The lowest BCUT2D eigenvalue weighted by Gasteiger charge is -2.22. The third-order valence-electron chi connectivity index (χ3n) is 4.31. The summed E-state index contributed by atoms with van der Waals surface area (Å²) >= 11 is 0. The highest BCUT2D eigenvalue weighted by Crippen LogP contribution is 2.25. The minimum atomic E-state index is -0.202. The first-order chi connectivity index (χ1) is 13.7. The number of rotatable bonds is 8. The highest BCUT2D eigenvalue weighted by molar-refractivity contribution is 5.95. The molecule has 0 bridgehead atoms. The van der Waals surface area contributed by atoms with Gasteiger partial charge in [-0.1, -0.05) is 36.4 Å². The molecule has 3 aromatic rings. The molecule has 5 heteroatoms. The quantitative estimate of drug-likeness (QED) is 0.580. The molecule has 3 aromatic carbocycles. The van der Waals surface area contributed by atoms with E-state index in [0.29, 0.717) is 24.6 Å². The molecule has 142 valence electrons. The summed E-state index contributed by atoms with van der Waals surface area (Å²) < 4.78 is 11.3. The van der Waals surface area contributed by atoms with Gasteiger partial charge in [0.2, 0.25) is 0 Å². The lowest BCUT2D eigenvalue weighted by atomic mass is 10.1. The van der Waals surface area contributed by atoms with Crippen LogP contribution in [0.25, 0.3) is 10.8 Å². The number of ether oxygens (including phenoxy) is 2. The lowest BCUT2D eigenvalue weighted by Crippen LogP contribution is -2.35. The molecule has 0 fully saturated rings. The van der Waals surface area contributed by atoms with E-state index in [1.165, 1.54) is 0 Å². The molecule has 3 rings (SSSR count). The van der Waals surface area contributed by atoms with Crippen LogP contribution in [-0.4, -0.2) is 25.7 Å². The zero-order chi connectivity index (χ0) is 19.8. The predicted molar refractivity (Wildman–Crippen MR) is 110 cm³/mol. The van der Waals surface area contributed by atoms with Crippen molar-refractivity contribution in [1.29, 1.82) is 5.26 Å². The fraction of sp³-hybridized carbons (Fsp3) is 0.217. The normalized spacial score (nSPS) is 10.3. The third kappa shape index (κ3) is 4.60. The summed E-state index contributed by atoms with van der Waals surface area (Å²) in [4.78, 5) is 14.4. The molecule has 0 aromatic heterocycles. The summed E-state index contributed by atoms with van der Waals surface area (Å²) in [5.41, 5.74) is 0.713. The van der Waals surface area contributed by atoms with Crippen molar-refractivity contribution in [2.24, 2.45) is 0 Å².